The molecule has 0 aliphatic rings. The molecule has 2 rings (SSSR count). The van der Waals surface area contributed by atoms with Gasteiger partial charge in [0.15, 0.2) is 0 Å². The second-order valence-electron chi connectivity index (χ2n) is 4.57. The monoisotopic (exact) mass is 433 g/mol. The topological polar surface area (TPSA) is 85.1 Å². The summed E-state index contributed by atoms with van der Waals surface area (Å²) in [6.45, 7) is 3.62. The van der Waals surface area contributed by atoms with Crippen LogP contribution in [0.2, 0.25) is 0 Å². The van der Waals surface area contributed by atoms with E-state index in [-0.39, 0.29) is 10.7 Å². The summed E-state index contributed by atoms with van der Waals surface area (Å²) < 4.78 is 28.7. The maximum Gasteiger partial charge on any atom is 0.264 e. The molecule has 5 nitrogen and oxygen atoms in total. The van der Waals surface area contributed by atoms with Crippen LogP contribution in [0.4, 0.5) is 11.5 Å². The summed E-state index contributed by atoms with van der Waals surface area (Å²) in [7, 11) is -3.75. The molecule has 0 aliphatic heterocycles. The fourth-order valence-corrected chi connectivity index (χ4v) is 4.48. The normalized spacial score (nSPS) is 11.4. The van der Waals surface area contributed by atoms with Crippen LogP contribution in [-0.2, 0) is 10.0 Å². The van der Waals surface area contributed by atoms with Crippen LogP contribution in [0.15, 0.2) is 38.2 Å². The van der Waals surface area contributed by atoms with E-state index in [4.69, 9.17) is 5.73 Å². The first kappa shape index (κ1) is 16.3. The number of hydrogen-bond donors (Lipinski definition) is 2. The molecule has 1 heterocycles. The SMILES string of the molecule is Cc1cc(Br)c(S(=O)(=O)Nc2ncc(N)cc2C)cc1Br. The Bertz CT molecular complexity index is 807. The number of benzene rings is 1. The molecule has 0 aliphatic carbocycles. The largest absolute Gasteiger partial charge is 0.397 e. The van der Waals surface area contributed by atoms with Gasteiger partial charge in [0, 0.05) is 8.95 Å². The third-order valence-corrected chi connectivity index (χ3v) is 5.98. The molecule has 21 heavy (non-hydrogen) atoms. The molecule has 1 aromatic heterocycles. The highest BCUT2D eigenvalue weighted by Crippen LogP contribution is 2.30. The molecule has 0 amide bonds. The minimum atomic E-state index is -3.75. The Labute approximate surface area is 140 Å². The molecule has 0 bridgehead atoms. The number of rotatable bonds is 3. The van der Waals surface area contributed by atoms with E-state index in [0.717, 1.165) is 5.56 Å². The fraction of sp³-hybridized carbons (Fsp3) is 0.154. The minimum Gasteiger partial charge on any atom is -0.397 e. The van der Waals surface area contributed by atoms with E-state index in [1.54, 1.807) is 25.1 Å². The molecule has 0 atom stereocenters. The van der Waals surface area contributed by atoms with E-state index < -0.39 is 10.0 Å². The lowest BCUT2D eigenvalue weighted by Crippen LogP contribution is -2.15. The maximum atomic E-state index is 12.5. The van der Waals surface area contributed by atoms with Crippen LogP contribution in [-0.4, -0.2) is 13.4 Å². The first-order valence-electron chi connectivity index (χ1n) is 5.91. The van der Waals surface area contributed by atoms with E-state index in [9.17, 15) is 8.42 Å². The predicted molar refractivity (Wildman–Crippen MR) is 90.8 cm³/mol. The summed E-state index contributed by atoms with van der Waals surface area (Å²) in [5.41, 5.74) is 7.68. The van der Waals surface area contributed by atoms with Gasteiger partial charge in [-0.15, -0.1) is 0 Å². The Kier molecular flexibility index (Phi) is 4.60. The quantitative estimate of drug-likeness (QED) is 0.772. The fourth-order valence-electron chi connectivity index (χ4n) is 1.72. The lowest BCUT2D eigenvalue weighted by molar-refractivity contribution is 0.600. The molecule has 3 N–H and O–H groups in total. The van der Waals surface area contributed by atoms with Gasteiger partial charge in [0.05, 0.1) is 11.9 Å². The van der Waals surface area contributed by atoms with Crippen molar-refractivity contribution in [2.75, 3.05) is 10.5 Å². The number of halogens is 2. The molecule has 0 fully saturated rings. The number of aromatic nitrogens is 1. The molecule has 2 aromatic rings. The van der Waals surface area contributed by atoms with Crippen molar-refractivity contribution < 1.29 is 8.42 Å². The van der Waals surface area contributed by atoms with E-state index in [0.29, 0.717) is 20.2 Å². The second-order valence-corrected chi connectivity index (χ2v) is 7.93. The smallest absolute Gasteiger partial charge is 0.264 e. The van der Waals surface area contributed by atoms with Crippen molar-refractivity contribution in [2.24, 2.45) is 0 Å². The summed E-state index contributed by atoms with van der Waals surface area (Å²) in [6.07, 6.45) is 1.41. The summed E-state index contributed by atoms with van der Waals surface area (Å²) in [5.74, 6) is 0.257. The number of nitrogens with two attached hydrogens (primary N) is 1. The van der Waals surface area contributed by atoms with Gasteiger partial charge in [0.2, 0.25) is 0 Å². The van der Waals surface area contributed by atoms with Crippen LogP contribution < -0.4 is 10.5 Å². The lowest BCUT2D eigenvalue weighted by Gasteiger charge is -2.12. The third-order valence-electron chi connectivity index (χ3n) is 2.83. The summed E-state index contributed by atoms with van der Waals surface area (Å²) >= 11 is 6.62. The molecule has 112 valence electrons. The van der Waals surface area contributed by atoms with Crippen molar-refractivity contribution in [3.8, 4) is 0 Å². The van der Waals surface area contributed by atoms with Crippen LogP contribution in [0.25, 0.3) is 0 Å². The number of sulfonamides is 1. The molecule has 8 heteroatoms. The number of nitrogens with one attached hydrogen (secondary N) is 1. The van der Waals surface area contributed by atoms with Gasteiger partial charge >= 0.3 is 0 Å². The first-order chi connectivity index (χ1) is 9.70. The molecular formula is C13H13Br2N3O2S. The zero-order chi connectivity index (χ0) is 15.8. The molecule has 0 saturated heterocycles. The lowest BCUT2D eigenvalue weighted by atomic mass is 10.2. The highest BCUT2D eigenvalue weighted by molar-refractivity contribution is 9.11. The highest BCUT2D eigenvalue weighted by atomic mass is 79.9. The van der Waals surface area contributed by atoms with Crippen LogP contribution >= 0.6 is 31.9 Å². The summed E-state index contributed by atoms with van der Waals surface area (Å²) in [4.78, 5) is 4.15. The molecule has 0 spiro atoms. The van der Waals surface area contributed by atoms with Gasteiger partial charge in [-0.1, -0.05) is 15.9 Å². The van der Waals surface area contributed by atoms with Crippen molar-refractivity contribution in [1.82, 2.24) is 4.98 Å². The van der Waals surface area contributed by atoms with Gasteiger partial charge < -0.3 is 5.73 Å². The van der Waals surface area contributed by atoms with E-state index in [1.807, 2.05) is 6.92 Å². The van der Waals surface area contributed by atoms with E-state index >= 15 is 0 Å². The van der Waals surface area contributed by atoms with Crippen molar-refractivity contribution >= 4 is 53.4 Å². The standard InChI is InChI=1S/C13H13Br2N3O2S/c1-7-4-11(15)12(5-10(7)14)21(19,20)18-13-8(2)3-9(16)6-17-13/h3-6H,16H2,1-2H3,(H,17,18). The Balaban J connectivity index is 2.46. The molecule has 0 unspecified atom stereocenters. The van der Waals surface area contributed by atoms with Crippen molar-refractivity contribution in [3.63, 3.8) is 0 Å². The number of anilines is 2. The molecule has 0 radical (unpaired) electrons. The zero-order valence-electron chi connectivity index (χ0n) is 11.3. The van der Waals surface area contributed by atoms with Crippen LogP contribution in [0.3, 0.4) is 0 Å². The maximum absolute atomic E-state index is 12.5. The van der Waals surface area contributed by atoms with Gasteiger partial charge in [-0.05, 0) is 59.1 Å². The molecular weight excluding hydrogens is 422 g/mol. The Hall–Kier alpha value is -1.12. The highest BCUT2D eigenvalue weighted by Gasteiger charge is 2.20. The van der Waals surface area contributed by atoms with Gasteiger partial charge in [-0.3, -0.25) is 4.72 Å². The minimum absolute atomic E-state index is 0.137. The summed E-state index contributed by atoms with van der Waals surface area (Å²) in [6, 6.07) is 4.95. The number of aryl methyl sites for hydroxylation is 2. The number of nitrogens with zero attached hydrogens (tertiary/aromatic N) is 1. The number of pyridine rings is 1. The Morgan fingerprint density at radius 2 is 1.76 bits per heavy atom. The Morgan fingerprint density at radius 1 is 1.10 bits per heavy atom. The average Bonchev–Trinajstić information content (AvgIpc) is 2.37. The number of nitrogen functional groups attached to an aromatic ring is 1. The van der Waals surface area contributed by atoms with Crippen LogP contribution in [0.1, 0.15) is 11.1 Å². The summed E-state index contributed by atoms with van der Waals surface area (Å²) in [5, 5.41) is 0. The van der Waals surface area contributed by atoms with Crippen molar-refractivity contribution in [1.29, 1.82) is 0 Å². The second kappa shape index (κ2) is 5.94. The van der Waals surface area contributed by atoms with Crippen LogP contribution in [0.5, 0.6) is 0 Å². The van der Waals surface area contributed by atoms with Crippen LogP contribution in [0, 0.1) is 13.8 Å². The van der Waals surface area contributed by atoms with E-state index in [1.165, 1.54) is 6.20 Å². The van der Waals surface area contributed by atoms with Gasteiger partial charge in [-0.25, -0.2) is 13.4 Å². The first-order valence-corrected chi connectivity index (χ1v) is 8.98. The average molecular weight is 435 g/mol. The molecule has 0 saturated carbocycles. The molecule has 1 aromatic carbocycles. The predicted octanol–water partition coefficient (Wildman–Crippen LogP) is 3.61. The van der Waals surface area contributed by atoms with Gasteiger partial charge in [-0.2, -0.15) is 0 Å². The van der Waals surface area contributed by atoms with Gasteiger partial charge in [0.25, 0.3) is 10.0 Å². The number of hydrogen-bond acceptors (Lipinski definition) is 4. The van der Waals surface area contributed by atoms with Gasteiger partial charge in [0.1, 0.15) is 10.7 Å². The third kappa shape index (κ3) is 3.56. The Morgan fingerprint density at radius 3 is 2.38 bits per heavy atom. The van der Waals surface area contributed by atoms with Crippen molar-refractivity contribution in [2.45, 2.75) is 18.7 Å². The van der Waals surface area contributed by atoms with Crippen molar-refractivity contribution in [3.05, 3.63) is 44.5 Å². The van der Waals surface area contributed by atoms with E-state index in [2.05, 4.69) is 41.6 Å². The zero-order valence-corrected chi connectivity index (χ0v) is 15.3.